The number of piperidine rings is 1. The SMILES string of the molecule is Cl.[C-]#[N+]c1ccc2c(N3CCC(O)CC3)nnc(NCc3ccc(OC)c(I)c3)c2c1. The zero-order valence-corrected chi connectivity index (χ0v) is 20.0. The van der Waals surface area contributed by atoms with Gasteiger partial charge in [0.15, 0.2) is 17.3 Å². The normalized spacial score (nSPS) is 14.1. The molecule has 0 spiro atoms. The Labute approximate surface area is 201 Å². The Morgan fingerprint density at radius 1 is 1.19 bits per heavy atom. The minimum Gasteiger partial charge on any atom is -0.496 e. The van der Waals surface area contributed by atoms with Crippen molar-refractivity contribution < 1.29 is 9.84 Å². The van der Waals surface area contributed by atoms with Gasteiger partial charge in [-0.1, -0.05) is 18.2 Å². The first-order valence-corrected chi connectivity index (χ1v) is 10.8. The van der Waals surface area contributed by atoms with E-state index >= 15 is 0 Å². The summed E-state index contributed by atoms with van der Waals surface area (Å²) in [6.45, 7) is 9.45. The highest BCUT2D eigenvalue weighted by Crippen LogP contribution is 2.33. The average molecular weight is 552 g/mol. The number of aromatic nitrogens is 2. The summed E-state index contributed by atoms with van der Waals surface area (Å²) < 4.78 is 6.37. The summed E-state index contributed by atoms with van der Waals surface area (Å²) in [5, 5.41) is 24.0. The van der Waals surface area contributed by atoms with Crippen LogP contribution in [-0.2, 0) is 6.54 Å². The number of aliphatic hydroxyl groups excluding tert-OH is 1. The molecule has 0 saturated carbocycles. The molecule has 2 heterocycles. The topological polar surface area (TPSA) is 74.9 Å². The highest BCUT2D eigenvalue weighted by Gasteiger charge is 2.21. The molecule has 2 aromatic carbocycles. The Hall–Kier alpha value is -2.35. The molecule has 0 radical (unpaired) electrons. The third-order valence-electron chi connectivity index (χ3n) is 5.31. The van der Waals surface area contributed by atoms with Crippen LogP contribution in [0.15, 0.2) is 36.4 Å². The van der Waals surface area contributed by atoms with Crippen molar-refractivity contribution in [1.82, 2.24) is 10.2 Å². The molecule has 1 fully saturated rings. The monoisotopic (exact) mass is 551 g/mol. The summed E-state index contributed by atoms with van der Waals surface area (Å²) in [4.78, 5) is 5.74. The summed E-state index contributed by atoms with van der Waals surface area (Å²) >= 11 is 2.26. The first-order chi connectivity index (χ1) is 14.6. The Balaban J connectivity index is 0.00000272. The molecule has 1 aromatic heterocycles. The number of hydrogen-bond acceptors (Lipinski definition) is 6. The minimum absolute atomic E-state index is 0. The third kappa shape index (κ3) is 5.11. The number of anilines is 2. The Bertz CT molecular complexity index is 1110. The first kappa shape index (κ1) is 23.3. The van der Waals surface area contributed by atoms with Gasteiger partial charge in [-0.25, -0.2) is 4.85 Å². The number of methoxy groups -OCH3 is 1. The van der Waals surface area contributed by atoms with Crippen molar-refractivity contribution in [1.29, 1.82) is 0 Å². The Kier molecular flexibility index (Phi) is 7.75. The zero-order chi connectivity index (χ0) is 21.1. The fourth-order valence-corrected chi connectivity index (χ4v) is 4.45. The lowest BCUT2D eigenvalue weighted by molar-refractivity contribution is 0.145. The molecule has 1 aliphatic rings. The van der Waals surface area contributed by atoms with E-state index in [1.54, 1.807) is 7.11 Å². The van der Waals surface area contributed by atoms with E-state index in [0.29, 0.717) is 18.1 Å². The lowest BCUT2D eigenvalue weighted by atomic mass is 10.1. The van der Waals surface area contributed by atoms with E-state index < -0.39 is 0 Å². The summed E-state index contributed by atoms with van der Waals surface area (Å²) in [6.07, 6.45) is 1.20. The number of ether oxygens (including phenoxy) is 1. The molecule has 3 aromatic rings. The second kappa shape index (κ2) is 10.3. The van der Waals surface area contributed by atoms with E-state index in [-0.39, 0.29) is 18.5 Å². The standard InChI is InChI=1S/C22H22IN5O2.ClH/c1-24-15-4-5-17-18(12-15)21(25-13-14-3-6-20(30-2)19(23)11-14)26-27-22(17)28-9-7-16(29)8-10-28;/h3-6,11-12,16,29H,7-10,13H2,2H3,(H,25,26);1H. The van der Waals surface area contributed by atoms with Gasteiger partial charge >= 0.3 is 0 Å². The molecular formula is C22H23ClIN5O2. The van der Waals surface area contributed by atoms with Crippen molar-refractivity contribution in [2.45, 2.75) is 25.5 Å². The number of halogens is 2. The molecule has 0 amide bonds. The maximum Gasteiger partial charge on any atom is 0.188 e. The predicted molar refractivity (Wildman–Crippen MR) is 134 cm³/mol. The predicted octanol–water partition coefficient (Wildman–Crippen LogP) is 4.79. The molecule has 0 bridgehead atoms. The van der Waals surface area contributed by atoms with Crippen LogP contribution in [0, 0.1) is 10.1 Å². The summed E-state index contributed by atoms with van der Waals surface area (Å²) in [7, 11) is 1.66. The molecule has 1 aliphatic heterocycles. The van der Waals surface area contributed by atoms with Crippen molar-refractivity contribution in [2.75, 3.05) is 30.4 Å². The van der Waals surface area contributed by atoms with Crippen LogP contribution in [0.4, 0.5) is 17.3 Å². The summed E-state index contributed by atoms with van der Waals surface area (Å²) in [6, 6.07) is 11.7. The largest absolute Gasteiger partial charge is 0.496 e. The highest BCUT2D eigenvalue weighted by atomic mass is 127. The van der Waals surface area contributed by atoms with Crippen molar-refractivity contribution in [3.05, 3.63) is 56.9 Å². The maximum atomic E-state index is 9.82. The fourth-order valence-electron chi connectivity index (χ4n) is 3.65. The van der Waals surface area contributed by atoms with E-state index in [4.69, 9.17) is 11.3 Å². The highest BCUT2D eigenvalue weighted by molar-refractivity contribution is 14.1. The van der Waals surface area contributed by atoms with Gasteiger partial charge in [0.1, 0.15) is 5.75 Å². The lowest BCUT2D eigenvalue weighted by Gasteiger charge is -2.31. The molecule has 31 heavy (non-hydrogen) atoms. The summed E-state index contributed by atoms with van der Waals surface area (Å²) in [5.74, 6) is 2.31. The fraction of sp³-hybridized carbons (Fsp3) is 0.318. The molecule has 162 valence electrons. The molecule has 0 atom stereocenters. The average Bonchev–Trinajstić information content (AvgIpc) is 2.77. The van der Waals surface area contributed by atoms with Crippen LogP contribution in [0.5, 0.6) is 5.75 Å². The molecule has 9 heteroatoms. The molecular weight excluding hydrogens is 529 g/mol. The van der Waals surface area contributed by atoms with Gasteiger partial charge in [0.25, 0.3) is 0 Å². The van der Waals surface area contributed by atoms with Crippen LogP contribution in [0.3, 0.4) is 0 Å². The lowest BCUT2D eigenvalue weighted by Crippen LogP contribution is -2.36. The van der Waals surface area contributed by atoms with Crippen molar-refractivity contribution in [3.8, 4) is 5.75 Å². The number of rotatable bonds is 5. The second-order valence-electron chi connectivity index (χ2n) is 7.25. The molecule has 0 unspecified atom stereocenters. The maximum absolute atomic E-state index is 9.82. The third-order valence-corrected chi connectivity index (χ3v) is 6.16. The van der Waals surface area contributed by atoms with E-state index in [2.05, 4.69) is 53.9 Å². The van der Waals surface area contributed by atoms with Crippen LogP contribution >= 0.6 is 35.0 Å². The van der Waals surface area contributed by atoms with Gasteiger partial charge in [0.05, 0.1) is 23.4 Å². The van der Waals surface area contributed by atoms with Crippen molar-refractivity contribution in [2.24, 2.45) is 0 Å². The van der Waals surface area contributed by atoms with E-state index in [1.165, 1.54) is 0 Å². The molecule has 0 aliphatic carbocycles. The number of hydrogen-bond donors (Lipinski definition) is 2. The van der Waals surface area contributed by atoms with Crippen LogP contribution < -0.4 is 15.0 Å². The van der Waals surface area contributed by atoms with E-state index in [1.807, 2.05) is 30.3 Å². The van der Waals surface area contributed by atoms with Gasteiger partial charge < -0.3 is 20.1 Å². The summed E-state index contributed by atoms with van der Waals surface area (Å²) in [5.41, 5.74) is 1.67. The number of nitrogens with one attached hydrogen (secondary N) is 1. The quantitative estimate of drug-likeness (QED) is 0.351. The smallest absolute Gasteiger partial charge is 0.188 e. The molecule has 4 rings (SSSR count). The first-order valence-electron chi connectivity index (χ1n) is 9.76. The Morgan fingerprint density at radius 2 is 1.97 bits per heavy atom. The number of aliphatic hydroxyl groups is 1. The van der Waals surface area contributed by atoms with Crippen molar-refractivity contribution >= 4 is 63.1 Å². The van der Waals surface area contributed by atoms with E-state index in [9.17, 15) is 5.11 Å². The molecule has 1 saturated heterocycles. The number of nitrogens with zero attached hydrogens (tertiary/aromatic N) is 4. The zero-order valence-electron chi connectivity index (χ0n) is 17.0. The minimum atomic E-state index is -0.248. The van der Waals surface area contributed by atoms with Gasteiger partial charge in [-0.15, -0.1) is 22.6 Å². The number of benzene rings is 2. The van der Waals surface area contributed by atoms with Crippen LogP contribution in [0.2, 0.25) is 0 Å². The number of fused-ring (bicyclic) bond motifs is 1. The van der Waals surface area contributed by atoms with Gasteiger partial charge in [0, 0.05) is 30.4 Å². The van der Waals surface area contributed by atoms with Crippen LogP contribution in [0.1, 0.15) is 18.4 Å². The van der Waals surface area contributed by atoms with Gasteiger partial charge in [-0.3, -0.25) is 0 Å². The van der Waals surface area contributed by atoms with Crippen LogP contribution in [-0.4, -0.2) is 41.6 Å². The van der Waals surface area contributed by atoms with Crippen molar-refractivity contribution in [3.63, 3.8) is 0 Å². The van der Waals surface area contributed by atoms with Gasteiger partial charge in [-0.05, 0) is 59.2 Å². The second-order valence-corrected chi connectivity index (χ2v) is 8.42. The van der Waals surface area contributed by atoms with E-state index in [0.717, 1.165) is 57.4 Å². The van der Waals surface area contributed by atoms with Crippen LogP contribution in [0.25, 0.3) is 15.6 Å². The molecule has 7 nitrogen and oxygen atoms in total. The Morgan fingerprint density at radius 3 is 2.65 bits per heavy atom. The van der Waals surface area contributed by atoms with Gasteiger partial charge in [-0.2, -0.15) is 0 Å². The van der Waals surface area contributed by atoms with Gasteiger partial charge in [0.2, 0.25) is 0 Å². The molecule has 2 N–H and O–H groups in total.